The standard InChI is InChI=1S/C7H7ClO4S/c1-13(10,11)12-6-4-2-3-5(8)7(6)9/h2-4,9H,1H3. The van der Waals surface area contributed by atoms with E-state index >= 15 is 0 Å². The number of halogens is 1. The van der Waals surface area contributed by atoms with Crippen LogP contribution in [0.5, 0.6) is 11.5 Å². The van der Waals surface area contributed by atoms with E-state index in [-0.39, 0.29) is 16.5 Å². The highest BCUT2D eigenvalue weighted by atomic mass is 35.5. The maximum Gasteiger partial charge on any atom is 0.306 e. The smallest absolute Gasteiger partial charge is 0.306 e. The van der Waals surface area contributed by atoms with Crippen molar-refractivity contribution in [2.75, 3.05) is 6.26 Å². The molecule has 0 spiro atoms. The summed E-state index contributed by atoms with van der Waals surface area (Å²) in [6.07, 6.45) is 0.882. The first-order chi connectivity index (χ1) is 5.90. The van der Waals surface area contributed by atoms with Crippen LogP contribution >= 0.6 is 11.6 Å². The predicted octanol–water partition coefficient (Wildman–Crippen LogP) is 1.38. The van der Waals surface area contributed by atoms with Crippen LogP contribution in [0.2, 0.25) is 5.02 Å². The summed E-state index contributed by atoms with van der Waals surface area (Å²) >= 11 is 5.52. The Kier molecular flexibility index (Phi) is 2.68. The second-order valence-electron chi connectivity index (χ2n) is 2.37. The van der Waals surface area contributed by atoms with E-state index in [4.69, 9.17) is 11.6 Å². The zero-order chi connectivity index (χ0) is 10.1. The van der Waals surface area contributed by atoms with Crippen LogP contribution in [0.15, 0.2) is 18.2 Å². The fraction of sp³-hybridized carbons (Fsp3) is 0.143. The molecule has 0 aliphatic heterocycles. The van der Waals surface area contributed by atoms with Crippen molar-refractivity contribution in [2.45, 2.75) is 0 Å². The summed E-state index contributed by atoms with van der Waals surface area (Å²) in [5, 5.41) is 9.28. The van der Waals surface area contributed by atoms with Crippen molar-refractivity contribution in [3.05, 3.63) is 23.2 Å². The minimum atomic E-state index is -3.64. The van der Waals surface area contributed by atoms with Crippen LogP contribution in [0, 0.1) is 0 Å². The Hall–Kier alpha value is -0.940. The van der Waals surface area contributed by atoms with Crippen LogP contribution in [-0.2, 0) is 10.1 Å². The number of rotatable bonds is 2. The highest BCUT2D eigenvalue weighted by molar-refractivity contribution is 7.86. The van der Waals surface area contributed by atoms with Gasteiger partial charge in [0.25, 0.3) is 0 Å². The number of hydrogen-bond donors (Lipinski definition) is 1. The van der Waals surface area contributed by atoms with Gasteiger partial charge in [0.15, 0.2) is 11.5 Å². The molecule has 13 heavy (non-hydrogen) atoms. The Morgan fingerprint density at radius 1 is 1.46 bits per heavy atom. The first kappa shape index (κ1) is 10.1. The first-order valence-corrected chi connectivity index (χ1v) is 5.46. The zero-order valence-corrected chi connectivity index (χ0v) is 8.26. The second-order valence-corrected chi connectivity index (χ2v) is 4.36. The predicted molar refractivity (Wildman–Crippen MR) is 48.6 cm³/mol. The van der Waals surface area contributed by atoms with Crippen molar-refractivity contribution < 1.29 is 17.7 Å². The van der Waals surface area contributed by atoms with Gasteiger partial charge in [-0.25, -0.2) is 0 Å². The Labute approximate surface area is 80.8 Å². The molecule has 0 heterocycles. The zero-order valence-electron chi connectivity index (χ0n) is 6.69. The Bertz CT molecular complexity index is 413. The maximum atomic E-state index is 10.7. The minimum Gasteiger partial charge on any atom is -0.503 e. The topological polar surface area (TPSA) is 63.6 Å². The van der Waals surface area contributed by atoms with Gasteiger partial charge in [-0.05, 0) is 12.1 Å². The van der Waals surface area contributed by atoms with Crippen molar-refractivity contribution >= 4 is 21.7 Å². The van der Waals surface area contributed by atoms with E-state index in [1.807, 2.05) is 0 Å². The van der Waals surface area contributed by atoms with Crippen molar-refractivity contribution in [1.82, 2.24) is 0 Å². The lowest BCUT2D eigenvalue weighted by Crippen LogP contribution is -2.05. The molecular weight excluding hydrogens is 216 g/mol. The lowest BCUT2D eigenvalue weighted by molar-refractivity contribution is 0.431. The SMILES string of the molecule is CS(=O)(=O)Oc1cccc(Cl)c1O. The van der Waals surface area contributed by atoms with Crippen LogP contribution < -0.4 is 4.18 Å². The number of phenols is 1. The molecule has 4 nitrogen and oxygen atoms in total. The third-order valence-electron chi connectivity index (χ3n) is 1.19. The molecule has 0 aliphatic carbocycles. The molecule has 0 bridgehead atoms. The van der Waals surface area contributed by atoms with Crippen LogP contribution in [0.4, 0.5) is 0 Å². The van der Waals surface area contributed by atoms with E-state index in [1.54, 1.807) is 0 Å². The van der Waals surface area contributed by atoms with Gasteiger partial charge in [-0.2, -0.15) is 8.42 Å². The number of phenolic OH excluding ortho intramolecular Hbond substituents is 1. The molecule has 1 rings (SSSR count). The lowest BCUT2D eigenvalue weighted by Gasteiger charge is -2.05. The molecule has 0 radical (unpaired) electrons. The Balaban J connectivity index is 3.10. The minimum absolute atomic E-state index is 0.0427. The molecule has 1 aromatic carbocycles. The highest BCUT2D eigenvalue weighted by Crippen LogP contribution is 2.33. The van der Waals surface area contributed by atoms with Crippen LogP contribution in [0.3, 0.4) is 0 Å². The molecule has 0 saturated heterocycles. The van der Waals surface area contributed by atoms with E-state index in [2.05, 4.69) is 4.18 Å². The third kappa shape index (κ3) is 2.78. The largest absolute Gasteiger partial charge is 0.503 e. The number of benzene rings is 1. The van der Waals surface area contributed by atoms with Gasteiger partial charge < -0.3 is 9.29 Å². The van der Waals surface area contributed by atoms with Gasteiger partial charge in [-0.1, -0.05) is 17.7 Å². The van der Waals surface area contributed by atoms with Gasteiger partial charge in [0.05, 0.1) is 11.3 Å². The molecule has 0 saturated carbocycles. The normalized spacial score (nSPS) is 11.2. The summed E-state index contributed by atoms with van der Waals surface area (Å²) in [6.45, 7) is 0. The highest BCUT2D eigenvalue weighted by Gasteiger charge is 2.11. The Morgan fingerprint density at radius 3 is 2.62 bits per heavy atom. The molecule has 72 valence electrons. The Morgan fingerprint density at radius 2 is 2.08 bits per heavy atom. The summed E-state index contributed by atoms with van der Waals surface area (Å²) in [5.41, 5.74) is 0. The van der Waals surface area contributed by atoms with Gasteiger partial charge >= 0.3 is 10.1 Å². The van der Waals surface area contributed by atoms with E-state index < -0.39 is 10.1 Å². The van der Waals surface area contributed by atoms with E-state index in [1.165, 1.54) is 18.2 Å². The van der Waals surface area contributed by atoms with E-state index in [0.29, 0.717) is 0 Å². The molecule has 0 aromatic heterocycles. The van der Waals surface area contributed by atoms with E-state index in [0.717, 1.165) is 6.26 Å². The van der Waals surface area contributed by atoms with Gasteiger partial charge in [-0.3, -0.25) is 0 Å². The summed E-state index contributed by atoms with van der Waals surface area (Å²) in [5.74, 6) is -0.551. The van der Waals surface area contributed by atoms with Gasteiger partial charge in [-0.15, -0.1) is 0 Å². The first-order valence-electron chi connectivity index (χ1n) is 3.27. The fourth-order valence-electron chi connectivity index (χ4n) is 0.726. The van der Waals surface area contributed by atoms with Crippen molar-refractivity contribution in [1.29, 1.82) is 0 Å². The lowest BCUT2D eigenvalue weighted by atomic mass is 10.3. The van der Waals surface area contributed by atoms with Gasteiger partial charge in [0, 0.05) is 0 Å². The summed E-state index contributed by atoms with van der Waals surface area (Å²) in [6, 6.07) is 4.21. The third-order valence-corrected chi connectivity index (χ3v) is 1.98. The summed E-state index contributed by atoms with van der Waals surface area (Å²) in [7, 11) is -3.64. The fourth-order valence-corrected chi connectivity index (χ4v) is 1.35. The number of hydrogen-bond acceptors (Lipinski definition) is 4. The van der Waals surface area contributed by atoms with E-state index in [9.17, 15) is 13.5 Å². The average Bonchev–Trinajstić information content (AvgIpc) is 1.96. The molecular formula is C7H7ClO4S. The van der Waals surface area contributed by atoms with Crippen LogP contribution in [0.1, 0.15) is 0 Å². The summed E-state index contributed by atoms with van der Waals surface area (Å²) < 4.78 is 25.8. The number of para-hydroxylation sites is 1. The monoisotopic (exact) mass is 222 g/mol. The van der Waals surface area contributed by atoms with Crippen molar-refractivity contribution in [2.24, 2.45) is 0 Å². The molecule has 6 heteroatoms. The molecule has 0 amide bonds. The van der Waals surface area contributed by atoms with Crippen LogP contribution in [-0.4, -0.2) is 19.8 Å². The molecule has 1 aromatic rings. The average molecular weight is 223 g/mol. The van der Waals surface area contributed by atoms with Gasteiger partial charge in [0.2, 0.25) is 0 Å². The molecule has 0 fully saturated rings. The number of aromatic hydroxyl groups is 1. The molecule has 1 N–H and O–H groups in total. The van der Waals surface area contributed by atoms with Crippen molar-refractivity contribution in [3.8, 4) is 11.5 Å². The van der Waals surface area contributed by atoms with Crippen molar-refractivity contribution in [3.63, 3.8) is 0 Å². The molecule has 0 unspecified atom stereocenters. The molecule has 0 aliphatic rings. The maximum absolute atomic E-state index is 10.7. The second kappa shape index (κ2) is 3.43. The quantitative estimate of drug-likeness (QED) is 0.768. The molecule has 0 atom stereocenters. The summed E-state index contributed by atoms with van der Waals surface area (Å²) in [4.78, 5) is 0. The van der Waals surface area contributed by atoms with Crippen LogP contribution in [0.25, 0.3) is 0 Å². The van der Waals surface area contributed by atoms with Gasteiger partial charge in [0.1, 0.15) is 0 Å².